The third-order valence-corrected chi connectivity index (χ3v) is 7.71. The Kier molecular flexibility index (Phi) is 7.54. The molecule has 1 aliphatic carbocycles. The molecule has 1 N–H and O–H groups in total. The molecule has 1 fully saturated rings. The van der Waals surface area contributed by atoms with E-state index in [2.05, 4.69) is 16.4 Å². The Morgan fingerprint density at radius 3 is 2.69 bits per heavy atom. The van der Waals surface area contributed by atoms with E-state index in [1.165, 1.54) is 31.3 Å². The Labute approximate surface area is 211 Å². The van der Waals surface area contributed by atoms with E-state index in [-0.39, 0.29) is 23.8 Å². The van der Waals surface area contributed by atoms with E-state index in [1.807, 2.05) is 33.7 Å². The quantitative estimate of drug-likeness (QED) is 0.590. The summed E-state index contributed by atoms with van der Waals surface area (Å²) in [7, 11) is 0. The molecule has 3 heterocycles. The van der Waals surface area contributed by atoms with Gasteiger partial charge in [-0.1, -0.05) is 35.4 Å². The molecule has 2 amide bonds. The maximum atomic E-state index is 13.2. The molecule has 1 aromatic heterocycles. The first-order valence-electron chi connectivity index (χ1n) is 12.7. The zero-order valence-electron chi connectivity index (χ0n) is 20.0. The second-order valence-electron chi connectivity index (χ2n) is 9.76. The number of carbonyl (C=O) groups excluding carboxylic acids is 2. The molecule has 7 nitrogen and oxygen atoms in total. The fourth-order valence-corrected chi connectivity index (χ4v) is 5.43. The summed E-state index contributed by atoms with van der Waals surface area (Å²) < 4.78 is 8.08. The Bertz CT molecular complexity index is 1090. The van der Waals surface area contributed by atoms with Crippen LogP contribution in [0.3, 0.4) is 0 Å². The molecular formula is C27H33ClN4O3. The number of halogens is 1. The number of benzene rings is 1. The Morgan fingerprint density at radius 2 is 1.94 bits per heavy atom. The number of piperidine rings is 1. The predicted molar refractivity (Wildman–Crippen MR) is 134 cm³/mol. The van der Waals surface area contributed by atoms with Crippen LogP contribution in [0.5, 0.6) is 0 Å². The smallest absolute Gasteiger partial charge is 0.274 e. The lowest BCUT2D eigenvalue weighted by Gasteiger charge is -2.31. The number of amides is 2. The highest BCUT2D eigenvalue weighted by molar-refractivity contribution is 6.30. The fraction of sp³-hybridized carbons (Fsp3) is 0.519. The number of aromatic nitrogens is 2. The minimum absolute atomic E-state index is 0.0289. The van der Waals surface area contributed by atoms with Gasteiger partial charge in [0, 0.05) is 30.6 Å². The lowest BCUT2D eigenvalue weighted by molar-refractivity contribution is -0.126. The molecule has 2 aromatic rings. The SMILES string of the molecule is O=C(NCCC1=CCCCC1)C1CCN(C(=O)c2ncn3c2CO[C@@H](c2ccc(Cl)cc2)C3)CC1. The van der Waals surface area contributed by atoms with Crippen LogP contribution in [0.1, 0.15) is 72.8 Å². The van der Waals surface area contributed by atoms with Crippen molar-refractivity contribution in [1.82, 2.24) is 19.8 Å². The number of imidazole rings is 1. The average molecular weight is 497 g/mol. The molecule has 186 valence electrons. The van der Waals surface area contributed by atoms with E-state index >= 15 is 0 Å². The van der Waals surface area contributed by atoms with E-state index in [0.717, 1.165) is 17.7 Å². The van der Waals surface area contributed by atoms with Crippen LogP contribution in [0, 0.1) is 5.92 Å². The van der Waals surface area contributed by atoms with Crippen molar-refractivity contribution >= 4 is 23.4 Å². The Morgan fingerprint density at radius 1 is 1.14 bits per heavy atom. The lowest BCUT2D eigenvalue weighted by atomic mass is 9.95. The van der Waals surface area contributed by atoms with Crippen molar-refractivity contribution in [2.45, 2.75) is 64.2 Å². The number of nitrogens with zero attached hydrogens (tertiary/aromatic N) is 3. The Balaban J connectivity index is 1.12. The number of ether oxygens (including phenoxy) is 1. The van der Waals surface area contributed by atoms with Gasteiger partial charge in [0.05, 0.1) is 25.2 Å². The highest BCUT2D eigenvalue weighted by Gasteiger charge is 2.32. The average Bonchev–Trinajstić information content (AvgIpc) is 3.33. The normalized spacial score (nSPS) is 20.8. The number of fused-ring (bicyclic) bond motifs is 1. The first-order valence-corrected chi connectivity index (χ1v) is 13.1. The van der Waals surface area contributed by atoms with E-state index < -0.39 is 0 Å². The number of hydrogen-bond donors (Lipinski definition) is 1. The zero-order chi connectivity index (χ0) is 24.2. The van der Waals surface area contributed by atoms with Crippen molar-refractivity contribution in [1.29, 1.82) is 0 Å². The highest BCUT2D eigenvalue weighted by Crippen LogP contribution is 2.29. The predicted octanol–water partition coefficient (Wildman–Crippen LogP) is 4.67. The van der Waals surface area contributed by atoms with E-state index in [9.17, 15) is 9.59 Å². The molecular weight excluding hydrogens is 464 g/mol. The molecule has 35 heavy (non-hydrogen) atoms. The molecule has 1 saturated heterocycles. The summed E-state index contributed by atoms with van der Waals surface area (Å²) in [5, 5.41) is 3.80. The number of nitrogens with one attached hydrogen (secondary N) is 1. The van der Waals surface area contributed by atoms with Crippen LogP contribution in [0.15, 0.2) is 42.2 Å². The molecule has 0 spiro atoms. The second-order valence-corrected chi connectivity index (χ2v) is 10.2. The minimum atomic E-state index is -0.0967. The maximum Gasteiger partial charge on any atom is 0.274 e. The largest absolute Gasteiger partial charge is 0.365 e. The first-order chi connectivity index (χ1) is 17.1. The van der Waals surface area contributed by atoms with Crippen LogP contribution in [-0.2, 0) is 22.7 Å². The van der Waals surface area contributed by atoms with Crippen LogP contribution >= 0.6 is 11.6 Å². The number of likely N-dealkylation sites (tertiary alicyclic amines) is 1. The number of allylic oxidation sites excluding steroid dienone is 1. The van der Waals surface area contributed by atoms with Crippen LogP contribution < -0.4 is 5.32 Å². The summed E-state index contributed by atoms with van der Waals surface area (Å²) in [5.41, 5.74) is 3.81. The van der Waals surface area contributed by atoms with Gasteiger partial charge in [-0.3, -0.25) is 9.59 Å². The molecule has 1 aromatic carbocycles. The van der Waals surface area contributed by atoms with Crippen molar-refractivity contribution < 1.29 is 14.3 Å². The van der Waals surface area contributed by atoms with Gasteiger partial charge in [0.1, 0.15) is 6.10 Å². The fourth-order valence-electron chi connectivity index (χ4n) is 5.30. The molecule has 0 bridgehead atoms. The molecule has 0 radical (unpaired) electrons. The van der Waals surface area contributed by atoms with Crippen molar-refractivity contribution in [3.8, 4) is 0 Å². The lowest BCUT2D eigenvalue weighted by Crippen LogP contribution is -2.43. The van der Waals surface area contributed by atoms with Gasteiger partial charge in [-0.15, -0.1) is 0 Å². The van der Waals surface area contributed by atoms with Crippen molar-refractivity contribution in [2.24, 2.45) is 5.92 Å². The van der Waals surface area contributed by atoms with Gasteiger partial charge in [0.15, 0.2) is 5.69 Å². The third-order valence-electron chi connectivity index (χ3n) is 7.46. The van der Waals surface area contributed by atoms with Crippen molar-refractivity contribution in [3.63, 3.8) is 0 Å². The molecule has 5 rings (SSSR count). The summed E-state index contributed by atoms with van der Waals surface area (Å²) in [6.07, 6.45) is 11.2. The summed E-state index contributed by atoms with van der Waals surface area (Å²) in [5.74, 6) is 0.0173. The van der Waals surface area contributed by atoms with Gasteiger partial charge in [-0.25, -0.2) is 4.98 Å². The van der Waals surface area contributed by atoms with Crippen LogP contribution in [0.2, 0.25) is 5.02 Å². The van der Waals surface area contributed by atoms with Gasteiger partial charge < -0.3 is 19.5 Å². The van der Waals surface area contributed by atoms with E-state index in [0.29, 0.717) is 56.3 Å². The van der Waals surface area contributed by atoms with E-state index in [1.54, 1.807) is 6.33 Å². The Hall–Kier alpha value is -2.64. The topological polar surface area (TPSA) is 76.5 Å². The van der Waals surface area contributed by atoms with Gasteiger partial charge in [-0.05, 0) is 62.6 Å². The second kappa shape index (κ2) is 11.0. The van der Waals surface area contributed by atoms with Crippen LogP contribution in [0.4, 0.5) is 0 Å². The van der Waals surface area contributed by atoms with Crippen molar-refractivity contribution in [2.75, 3.05) is 19.6 Å². The maximum absolute atomic E-state index is 13.2. The number of rotatable bonds is 6. The number of hydrogen-bond acceptors (Lipinski definition) is 4. The first kappa shape index (κ1) is 24.1. The minimum Gasteiger partial charge on any atom is -0.365 e. The van der Waals surface area contributed by atoms with Crippen LogP contribution in [-0.4, -0.2) is 45.9 Å². The molecule has 8 heteroatoms. The molecule has 2 aliphatic heterocycles. The molecule has 3 aliphatic rings. The molecule has 1 atom stereocenters. The third kappa shape index (κ3) is 5.62. The van der Waals surface area contributed by atoms with Gasteiger partial charge in [-0.2, -0.15) is 0 Å². The summed E-state index contributed by atoms with van der Waals surface area (Å²) in [6, 6.07) is 7.65. The van der Waals surface area contributed by atoms with Gasteiger partial charge >= 0.3 is 0 Å². The number of carbonyl (C=O) groups is 2. The molecule has 0 unspecified atom stereocenters. The zero-order valence-corrected chi connectivity index (χ0v) is 20.8. The van der Waals surface area contributed by atoms with Crippen molar-refractivity contribution in [3.05, 3.63) is 64.2 Å². The summed E-state index contributed by atoms with van der Waals surface area (Å²) >= 11 is 6.00. The molecule has 0 saturated carbocycles. The van der Waals surface area contributed by atoms with Gasteiger partial charge in [0.2, 0.25) is 5.91 Å². The summed E-state index contributed by atoms with van der Waals surface area (Å²) in [4.78, 5) is 32.1. The van der Waals surface area contributed by atoms with Gasteiger partial charge in [0.25, 0.3) is 5.91 Å². The monoisotopic (exact) mass is 496 g/mol. The highest BCUT2D eigenvalue weighted by atomic mass is 35.5. The van der Waals surface area contributed by atoms with Crippen LogP contribution in [0.25, 0.3) is 0 Å². The summed E-state index contributed by atoms with van der Waals surface area (Å²) in [6.45, 7) is 2.80. The standard InChI is InChI=1S/C27H33ClN4O3/c28-22-8-6-20(7-9-22)24-16-32-18-30-25(23(32)17-35-24)27(34)31-14-11-21(12-15-31)26(33)29-13-10-19-4-2-1-3-5-19/h4,6-9,18,21,24H,1-3,5,10-17H2,(H,29,33)/t24-/m1/s1. The van der Waals surface area contributed by atoms with E-state index in [4.69, 9.17) is 16.3 Å².